The number of anilines is 1. The third-order valence-electron chi connectivity index (χ3n) is 5.02. The lowest BCUT2D eigenvalue weighted by molar-refractivity contribution is 0.628. The van der Waals surface area contributed by atoms with Gasteiger partial charge in [-0.05, 0) is 48.9 Å². The summed E-state index contributed by atoms with van der Waals surface area (Å²) in [4.78, 5) is 4.86. The Bertz CT molecular complexity index is 1300. The number of nitrogens with one attached hydrogen (secondary N) is 1. The molecule has 5 aromatic rings. The van der Waals surface area contributed by atoms with Crippen molar-refractivity contribution < 1.29 is 4.39 Å². The molecule has 6 heteroatoms. The van der Waals surface area contributed by atoms with E-state index in [0.29, 0.717) is 11.3 Å². The molecule has 29 heavy (non-hydrogen) atoms. The summed E-state index contributed by atoms with van der Waals surface area (Å²) in [6, 6.07) is 24.5. The SMILES string of the molecule is CC(Nc1nc2c(-c3ccc(F)cc3)nnn2c2ccccc12)c1ccccc1. The van der Waals surface area contributed by atoms with Gasteiger partial charge in [-0.2, -0.15) is 4.52 Å². The Labute approximate surface area is 166 Å². The molecule has 2 aromatic heterocycles. The fraction of sp³-hybridized carbons (Fsp3) is 0.0870. The van der Waals surface area contributed by atoms with Gasteiger partial charge in [0, 0.05) is 17.0 Å². The maximum Gasteiger partial charge on any atom is 0.186 e. The lowest BCUT2D eigenvalue weighted by Gasteiger charge is -2.17. The molecular formula is C23H18FN5. The van der Waals surface area contributed by atoms with E-state index in [2.05, 4.69) is 34.7 Å². The third kappa shape index (κ3) is 3.08. The van der Waals surface area contributed by atoms with Gasteiger partial charge in [0.1, 0.15) is 17.3 Å². The quantitative estimate of drug-likeness (QED) is 0.460. The number of halogens is 1. The largest absolute Gasteiger partial charge is 0.363 e. The summed E-state index contributed by atoms with van der Waals surface area (Å²) in [6.07, 6.45) is 0. The lowest BCUT2D eigenvalue weighted by atomic mass is 10.1. The van der Waals surface area contributed by atoms with Crippen LogP contribution in [0, 0.1) is 5.82 Å². The van der Waals surface area contributed by atoms with Crippen molar-refractivity contribution in [3.63, 3.8) is 0 Å². The smallest absolute Gasteiger partial charge is 0.186 e. The van der Waals surface area contributed by atoms with Gasteiger partial charge < -0.3 is 5.32 Å². The number of fused-ring (bicyclic) bond motifs is 3. The number of nitrogens with zero attached hydrogens (tertiary/aromatic N) is 4. The zero-order valence-corrected chi connectivity index (χ0v) is 15.7. The predicted octanol–water partition coefficient (Wildman–Crippen LogP) is 5.26. The van der Waals surface area contributed by atoms with Gasteiger partial charge >= 0.3 is 0 Å². The molecule has 0 spiro atoms. The van der Waals surface area contributed by atoms with Gasteiger partial charge in [0.05, 0.1) is 5.52 Å². The van der Waals surface area contributed by atoms with Crippen molar-refractivity contribution in [1.29, 1.82) is 0 Å². The van der Waals surface area contributed by atoms with Crippen LogP contribution >= 0.6 is 0 Å². The minimum atomic E-state index is -0.289. The molecule has 0 aliphatic rings. The summed E-state index contributed by atoms with van der Waals surface area (Å²) in [6.45, 7) is 2.10. The monoisotopic (exact) mass is 383 g/mol. The van der Waals surface area contributed by atoms with Gasteiger partial charge in [-0.15, -0.1) is 5.10 Å². The molecule has 0 fully saturated rings. The Kier molecular flexibility index (Phi) is 4.17. The Balaban J connectivity index is 1.68. The van der Waals surface area contributed by atoms with Gasteiger partial charge in [-0.3, -0.25) is 0 Å². The van der Waals surface area contributed by atoms with Crippen LogP contribution in [0.4, 0.5) is 10.2 Å². The van der Waals surface area contributed by atoms with Gasteiger partial charge in [-0.1, -0.05) is 47.7 Å². The van der Waals surface area contributed by atoms with Gasteiger partial charge in [0.15, 0.2) is 5.65 Å². The van der Waals surface area contributed by atoms with Crippen molar-refractivity contribution in [3.8, 4) is 11.3 Å². The average molecular weight is 383 g/mol. The summed E-state index contributed by atoms with van der Waals surface area (Å²) in [7, 11) is 0. The van der Waals surface area contributed by atoms with Gasteiger partial charge in [0.2, 0.25) is 0 Å². The normalized spacial score (nSPS) is 12.3. The molecule has 0 bridgehead atoms. The fourth-order valence-electron chi connectivity index (χ4n) is 3.50. The van der Waals surface area contributed by atoms with Crippen LogP contribution in [-0.4, -0.2) is 19.8 Å². The number of rotatable bonds is 4. The maximum atomic E-state index is 13.4. The summed E-state index contributed by atoms with van der Waals surface area (Å²) < 4.78 is 15.1. The minimum Gasteiger partial charge on any atom is -0.363 e. The highest BCUT2D eigenvalue weighted by Crippen LogP contribution is 2.30. The zero-order chi connectivity index (χ0) is 19.8. The van der Waals surface area contributed by atoms with Crippen molar-refractivity contribution in [1.82, 2.24) is 19.8 Å². The zero-order valence-electron chi connectivity index (χ0n) is 15.7. The molecule has 2 heterocycles. The van der Waals surface area contributed by atoms with E-state index < -0.39 is 0 Å². The van der Waals surface area contributed by atoms with Crippen molar-refractivity contribution >= 4 is 22.4 Å². The van der Waals surface area contributed by atoms with E-state index in [1.807, 2.05) is 42.5 Å². The number of hydrogen-bond acceptors (Lipinski definition) is 4. The Hall–Kier alpha value is -3.80. The maximum absolute atomic E-state index is 13.4. The van der Waals surface area contributed by atoms with Crippen molar-refractivity contribution in [3.05, 3.63) is 90.2 Å². The fourth-order valence-corrected chi connectivity index (χ4v) is 3.50. The molecule has 1 atom stereocenters. The van der Waals surface area contributed by atoms with E-state index >= 15 is 0 Å². The topological polar surface area (TPSA) is 55.1 Å². The molecule has 0 saturated heterocycles. The molecule has 5 rings (SSSR count). The molecule has 1 N–H and O–H groups in total. The van der Waals surface area contributed by atoms with Crippen LogP contribution in [0.25, 0.3) is 27.8 Å². The average Bonchev–Trinajstić information content (AvgIpc) is 3.19. The number of para-hydroxylation sites is 1. The van der Waals surface area contributed by atoms with E-state index in [9.17, 15) is 4.39 Å². The molecule has 0 radical (unpaired) electrons. The summed E-state index contributed by atoms with van der Waals surface area (Å²) >= 11 is 0. The molecule has 0 aliphatic carbocycles. The van der Waals surface area contributed by atoms with Crippen LogP contribution in [0.1, 0.15) is 18.5 Å². The third-order valence-corrected chi connectivity index (χ3v) is 5.02. The van der Waals surface area contributed by atoms with Crippen LogP contribution < -0.4 is 5.32 Å². The van der Waals surface area contributed by atoms with Crippen molar-refractivity contribution in [2.75, 3.05) is 5.32 Å². The molecule has 1 unspecified atom stereocenters. The number of benzene rings is 3. The van der Waals surface area contributed by atoms with E-state index in [-0.39, 0.29) is 11.9 Å². The first-order valence-corrected chi connectivity index (χ1v) is 9.42. The molecule has 5 nitrogen and oxygen atoms in total. The molecule has 0 amide bonds. The highest BCUT2D eigenvalue weighted by molar-refractivity contribution is 5.93. The first kappa shape index (κ1) is 17.3. The van der Waals surface area contributed by atoms with E-state index in [1.165, 1.54) is 17.7 Å². The Morgan fingerprint density at radius 3 is 2.41 bits per heavy atom. The lowest BCUT2D eigenvalue weighted by Crippen LogP contribution is -2.09. The van der Waals surface area contributed by atoms with Crippen molar-refractivity contribution in [2.45, 2.75) is 13.0 Å². The van der Waals surface area contributed by atoms with E-state index in [1.54, 1.807) is 16.6 Å². The van der Waals surface area contributed by atoms with E-state index in [0.717, 1.165) is 22.3 Å². The standard InChI is InChI=1S/C23H18FN5/c1-15(16-7-3-2-4-8-16)25-22-19-9-5-6-10-20(19)29-23(26-22)21(27-28-29)17-11-13-18(24)14-12-17/h2-15H,1H3,(H,25,26). The molecule has 0 saturated carbocycles. The van der Waals surface area contributed by atoms with Crippen molar-refractivity contribution in [2.24, 2.45) is 0 Å². The summed E-state index contributed by atoms with van der Waals surface area (Å²) in [5.74, 6) is 0.470. The van der Waals surface area contributed by atoms with Crippen LogP contribution in [0.2, 0.25) is 0 Å². The number of aromatic nitrogens is 4. The van der Waals surface area contributed by atoms with Crippen LogP contribution in [0.15, 0.2) is 78.9 Å². The predicted molar refractivity (Wildman–Crippen MR) is 112 cm³/mol. The second-order valence-corrected chi connectivity index (χ2v) is 6.93. The molecule has 142 valence electrons. The summed E-state index contributed by atoms with van der Waals surface area (Å²) in [5.41, 5.74) is 4.08. The van der Waals surface area contributed by atoms with Crippen LogP contribution in [0.3, 0.4) is 0 Å². The Morgan fingerprint density at radius 2 is 1.62 bits per heavy atom. The van der Waals surface area contributed by atoms with Gasteiger partial charge in [0.25, 0.3) is 0 Å². The second kappa shape index (κ2) is 6.98. The van der Waals surface area contributed by atoms with Crippen LogP contribution in [-0.2, 0) is 0 Å². The van der Waals surface area contributed by atoms with E-state index in [4.69, 9.17) is 4.98 Å². The Morgan fingerprint density at radius 1 is 0.897 bits per heavy atom. The molecule has 3 aromatic carbocycles. The van der Waals surface area contributed by atoms with Gasteiger partial charge in [-0.25, -0.2) is 9.37 Å². The first-order valence-electron chi connectivity index (χ1n) is 9.42. The highest BCUT2D eigenvalue weighted by Gasteiger charge is 2.17. The molecule has 0 aliphatic heterocycles. The summed E-state index contributed by atoms with van der Waals surface area (Å²) in [5, 5.41) is 13.1. The first-order chi connectivity index (χ1) is 14.2. The highest BCUT2D eigenvalue weighted by atomic mass is 19.1. The number of hydrogen-bond donors (Lipinski definition) is 1. The van der Waals surface area contributed by atoms with Crippen LogP contribution in [0.5, 0.6) is 0 Å². The second-order valence-electron chi connectivity index (χ2n) is 6.93. The minimum absolute atomic E-state index is 0.0692. The molecular weight excluding hydrogens is 365 g/mol.